The predicted octanol–water partition coefficient (Wildman–Crippen LogP) is 1.47. The van der Waals surface area contributed by atoms with E-state index < -0.39 is 0 Å². The SMILES string of the molecule is CCNC(c1ccncc1CC)c1ncnn1C. The Balaban J connectivity index is 2.45. The molecule has 0 radical (unpaired) electrons. The van der Waals surface area contributed by atoms with Gasteiger partial charge in [0.15, 0.2) is 0 Å². The van der Waals surface area contributed by atoms with Crippen molar-refractivity contribution in [3.63, 3.8) is 0 Å². The highest BCUT2D eigenvalue weighted by Gasteiger charge is 2.20. The summed E-state index contributed by atoms with van der Waals surface area (Å²) in [6.07, 6.45) is 6.31. The van der Waals surface area contributed by atoms with Gasteiger partial charge in [0.2, 0.25) is 0 Å². The number of pyridine rings is 1. The summed E-state index contributed by atoms with van der Waals surface area (Å²) < 4.78 is 1.81. The number of nitrogens with zero attached hydrogens (tertiary/aromatic N) is 4. The molecule has 0 fully saturated rings. The molecule has 0 aliphatic heterocycles. The fourth-order valence-corrected chi connectivity index (χ4v) is 2.13. The summed E-state index contributed by atoms with van der Waals surface area (Å²) in [5.41, 5.74) is 2.47. The molecule has 96 valence electrons. The molecule has 0 saturated heterocycles. The Hall–Kier alpha value is -1.75. The van der Waals surface area contributed by atoms with E-state index in [9.17, 15) is 0 Å². The van der Waals surface area contributed by atoms with E-state index in [1.165, 1.54) is 11.1 Å². The Labute approximate surface area is 107 Å². The molecule has 0 saturated carbocycles. The number of hydrogen-bond acceptors (Lipinski definition) is 4. The van der Waals surface area contributed by atoms with Gasteiger partial charge in [-0.15, -0.1) is 0 Å². The minimum atomic E-state index is 0.0699. The highest BCUT2D eigenvalue weighted by molar-refractivity contribution is 5.31. The first-order valence-electron chi connectivity index (χ1n) is 6.28. The number of aryl methyl sites for hydroxylation is 2. The highest BCUT2D eigenvalue weighted by Crippen LogP contribution is 2.22. The Morgan fingerprint density at radius 3 is 2.83 bits per heavy atom. The largest absolute Gasteiger partial charge is 0.304 e. The van der Waals surface area contributed by atoms with E-state index in [2.05, 4.69) is 40.3 Å². The lowest BCUT2D eigenvalue weighted by molar-refractivity contribution is 0.555. The number of nitrogens with one attached hydrogen (secondary N) is 1. The Kier molecular flexibility index (Phi) is 4.04. The molecule has 2 rings (SSSR count). The molecule has 5 heteroatoms. The third-order valence-corrected chi connectivity index (χ3v) is 3.05. The van der Waals surface area contributed by atoms with Crippen LogP contribution in [0.3, 0.4) is 0 Å². The quantitative estimate of drug-likeness (QED) is 0.866. The smallest absolute Gasteiger partial charge is 0.148 e. The summed E-state index contributed by atoms with van der Waals surface area (Å²) in [7, 11) is 1.92. The van der Waals surface area contributed by atoms with Crippen LogP contribution < -0.4 is 5.32 Å². The van der Waals surface area contributed by atoms with Crippen molar-refractivity contribution < 1.29 is 0 Å². The molecule has 2 heterocycles. The van der Waals surface area contributed by atoms with E-state index >= 15 is 0 Å². The van der Waals surface area contributed by atoms with Gasteiger partial charge in [-0.1, -0.05) is 13.8 Å². The van der Waals surface area contributed by atoms with E-state index in [1.54, 1.807) is 6.33 Å². The fourth-order valence-electron chi connectivity index (χ4n) is 2.13. The van der Waals surface area contributed by atoms with Crippen LogP contribution in [0, 0.1) is 0 Å². The molecule has 2 aromatic heterocycles. The molecule has 0 aromatic carbocycles. The summed E-state index contributed by atoms with van der Waals surface area (Å²) >= 11 is 0. The molecule has 1 unspecified atom stereocenters. The molecule has 0 aliphatic carbocycles. The van der Waals surface area contributed by atoms with Crippen LogP contribution in [0.15, 0.2) is 24.8 Å². The summed E-state index contributed by atoms with van der Waals surface area (Å²) in [6, 6.07) is 2.13. The molecule has 1 atom stereocenters. The van der Waals surface area contributed by atoms with E-state index in [1.807, 2.05) is 24.1 Å². The maximum absolute atomic E-state index is 4.36. The van der Waals surface area contributed by atoms with Crippen molar-refractivity contribution in [2.75, 3.05) is 6.54 Å². The van der Waals surface area contributed by atoms with E-state index in [4.69, 9.17) is 0 Å². The van der Waals surface area contributed by atoms with Crippen LogP contribution in [0.25, 0.3) is 0 Å². The predicted molar refractivity (Wildman–Crippen MR) is 70.1 cm³/mol. The highest BCUT2D eigenvalue weighted by atomic mass is 15.3. The first-order chi connectivity index (χ1) is 8.77. The lowest BCUT2D eigenvalue weighted by Gasteiger charge is -2.19. The molecular formula is C13H19N5. The van der Waals surface area contributed by atoms with Crippen molar-refractivity contribution in [1.82, 2.24) is 25.1 Å². The van der Waals surface area contributed by atoms with Crippen LogP contribution in [-0.4, -0.2) is 26.3 Å². The maximum Gasteiger partial charge on any atom is 0.148 e. The molecule has 0 amide bonds. The zero-order valence-corrected chi connectivity index (χ0v) is 11.1. The van der Waals surface area contributed by atoms with Gasteiger partial charge >= 0.3 is 0 Å². The standard InChI is InChI=1S/C13H19N5/c1-4-10-8-14-7-6-11(10)12(15-5-2)13-16-9-17-18(13)3/h6-9,12,15H,4-5H2,1-3H3. The fraction of sp³-hybridized carbons (Fsp3) is 0.462. The van der Waals surface area contributed by atoms with Gasteiger partial charge in [-0.3, -0.25) is 9.67 Å². The number of hydrogen-bond donors (Lipinski definition) is 1. The van der Waals surface area contributed by atoms with Crippen LogP contribution in [-0.2, 0) is 13.5 Å². The summed E-state index contributed by atoms with van der Waals surface area (Å²) in [5.74, 6) is 0.928. The van der Waals surface area contributed by atoms with Crippen LogP contribution in [0.4, 0.5) is 0 Å². The molecular weight excluding hydrogens is 226 g/mol. The van der Waals surface area contributed by atoms with Gasteiger partial charge in [0.05, 0.1) is 6.04 Å². The minimum Gasteiger partial charge on any atom is -0.304 e. The Morgan fingerprint density at radius 1 is 1.39 bits per heavy atom. The van der Waals surface area contributed by atoms with Crippen molar-refractivity contribution in [3.8, 4) is 0 Å². The molecule has 0 aliphatic rings. The molecule has 5 nitrogen and oxygen atoms in total. The van der Waals surface area contributed by atoms with E-state index in [0.717, 1.165) is 18.8 Å². The minimum absolute atomic E-state index is 0.0699. The second kappa shape index (κ2) is 5.73. The van der Waals surface area contributed by atoms with Gasteiger partial charge in [0.25, 0.3) is 0 Å². The zero-order chi connectivity index (χ0) is 13.0. The third kappa shape index (κ3) is 2.41. The number of aromatic nitrogens is 4. The van der Waals surface area contributed by atoms with Gasteiger partial charge in [0, 0.05) is 19.4 Å². The Morgan fingerprint density at radius 2 is 2.22 bits per heavy atom. The number of rotatable bonds is 5. The van der Waals surface area contributed by atoms with Gasteiger partial charge in [-0.25, -0.2) is 4.98 Å². The first kappa shape index (κ1) is 12.7. The van der Waals surface area contributed by atoms with Gasteiger partial charge in [-0.05, 0) is 30.2 Å². The first-order valence-corrected chi connectivity index (χ1v) is 6.28. The second-order valence-corrected chi connectivity index (χ2v) is 4.16. The van der Waals surface area contributed by atoms with Gasteiger partial charge < -0.3 is 5.32 Å². The van der Waals surface area contributed by atoms with Crippen molar-refractivity contribution in [1.29, 1.82) is 0 Å². The topological polar surface area (TPSA) is 55.6 Å². The van der Waals surface area contributed by atoms with Crippen molar-refractivity contribution in [2.24, 2.45) is 7.05 Å². The van der Waals surface area contributed by atoms with Crippen molar-refractivity contribution >= 4 is 0 Å². The second-order valence-electron chi connectivity index (χ2n) is 4.16. The van der Waals surface area contributed by atoms with Crippen molar-refractivity contribution in [2.45, 2.75) is 26.3 Å². The van der Waals surface area contributed by atoms with E-state index in [-0.39, 0.29) is 6.04 Å². The molecule has 2 aromatic rings. The van der Waals surface area contributed by atoms with Gasteiger partial charge in [-0.2, -0.15) is 5.10 Å². The summed E-state index contributed by atoms with van der Waals surface area (Å²) in [4.78, 5) is 8.55. The average molecular weight is 245 g/mol. The lowest BCUT2D eigenvalue weighted by atomic mass is 10.00. The summed E-state index contributed by atoms with van der Waals surface area (Å²) in [6.45, 7) is 5.11. The van der Waals surface area contributed by atoms with Crippen LogP contribution in [0.2, 0.25) is 0 Å². The van der Waals surface area contributed by atoms with Crippen LogP contribution in [0.5, 0.6) is 0 Å². The third-order valence-electron chi connectivity index (χ3n) is 3.05. The monoisotopic (exact) mass is 245 g/mol. The molecule has 1 N–H and O–H groups in total. The van der Waals surface area contributed by atoms with Crippen molar-refractivity contribution in [3.05, 3.63) is 41.7 Å². The average Bonchev–Trinajstić information content (AvgIpc) is 2.82. The maximum atomic E-state index is 4.36. The van der Waals surface area contributed by atoms with Gasteiger partial charge in [0.1, 0.15) is 12.2 Å². The molecule has 18 heavy (non-hydrogen) atoms. The lowest BCUT2D eigenvalue weighted by Crippen LogP contribution is -2.26. The normalized spacial score (nSPS) is 12.6. The van der Waals surface area contributed by atoms with Crippen LogP contribution in [0.1, 0.15) is 36.8 Å². The Bertz CT molecular complexity index is 506. The molecule has 0 bridgehead atoms. The van der Waals surface area contributed by atoms with E-state index in [0.29, 0.717) is 0 Å². The molecule has 0 spiro atoms. The summed E-state index contributed by atoms with van der Waals surface area (Å²) in [5, 5.41) is 7.62. The zero-order valence-electron chi connectivity index (χ0n) is 11.1. The van der Waals surface area contributed by atoms with Crippen LogP contribution >= 0.6 is 0 Å².